The van der Waals surface area contributed by atoms with Crippen molar-refractivity contribution in [3.63, 3.8) is 0 Å². The van der Waals surface area contributed by atoms with E-state index in [2.05, 4.69) is 3.26 Å². The molecule has 23 heavy (non-hydrogen) atoms. The molecule has 0 unspecified atom stereocenters. The van der Waals surface area contributed by atoms with Crippen LogP contribution in [-0.2, 0) is 0 Å². The number of benzene rings is 2. The summed E-state index contributed by atoms with van der Waals surface area (Å²) in [6.07, 6.45) is 2.17. The van der Waals surface area contributed by atoms with Crippen LogP contribution in [0.5, 0.6) is 0 Å². The maximum absolute atomic E-state index is 12.5. The van der Waals surface area contributed by atoms with Gasteiger partial charge < -0.3 is 0 Å². The second-order valence-corrected chi connectivity index (χ2v) is 6.32. The van der Waals surface area contributed by atoms with Gasteiger partial charge in [-0.15, -0.1) is 0 Å². The zero-order valence-electron chi connectivity index (χ0n) is 12.6. The molecule has 1 N–H and O–H groups in total. The van der Waals surface area contributed by atoms with E-state index < -0.39 is 0 Å². The summed E-state index contributed by atoms with van der Waals surface area (Å²) in [4.78, 5) is 26.2. The van der Waals surface area contributed by atoms with Gasteiger partial charge in [0, 0.05) is 0 Å². The molecule has 0 aliphatic carbocycles. The minimum atomic E-state index is -0.0900. The van der Waals surface area contributed by atoms with E-state index in [-0.39, 0.29) is 11.8 Å². The molecule has 0 spiro atoms. The summed E-state index contributed by atoms with van der Waals surface area (Å²) in [5.41, 5.74) is 3.22. The van der Waals surface area contributed by atoms with Gasteiger partial charge in [-0.1, -0.05) is 0 Å². The summed E-state index contributed by atoms with van der Waals surface area (Å²) in [7, 11) is 0. The van der Waals surface area contributed by atoms with Gasteiger partial charge in [-0.2, -0.15) is 0 Å². The van der Waals surface area contributed by atoms with Crippen molar-refractivity contribution in [1.82, 2.24) is 8.16 Å². The van der Waals surface area contributed by atoms with Crippen molar-refractivity contribution in [2.75, 3.05) is 13.1 Å². The van der Waals surface area contributed by atoms with Crippen molar-refractivity contribution >= 4 is 11.8 Å². The molecule has 0 bridgehead atoms. The number of nitrogens with one attached hydrogen (secondary N) is 1. The third kappa shape index (κ3) is 3.61. The van der Waals surface area contributed by atoms with Gasteiger partial charge in [0.15, 0.2) is 0 Å². The van der Waals surface area contributed by atoms with E-state index in [1.807, 2.05) is 47.4 Å². The Kier molecular flexibility index (Phi) is 5.07. The minimum absolute atomic E-state index is 0.0900. The normalized spacial score (nSPS) is 13.9. The molecule has 0 aromatic heterocycles. The average Bonchev–Trinajstić information content (AvgIpc) is 3.15. The Morgan fingerprint density at radius 2 is 1.48 bits per heavy atom. The third-order valence-electron chi connectivity index (χ3n) is 4.05. The predicted octanol–water partition coefficient (Wildman–Crippen LogP) is 2.78. The van der Waals surface area contributed by atoms with Crippen LogP contribution >= 0.6 is 0 Å². The van der Waals surface area contributed by atoms with E-state index in [4.69, 9.17) is 0 Å². The third-order valence-corrected chi connectivity index (χ3v) is 4.71. The van der Waals surface area contributed by atoms with E-state index >= 15 is 0 Å². The first-order valence-electron chi connectivity index (χ1n) is 7.60. The molecule has 2 aromatic rings. The number of likely N-dealkylation sites (tertiary alicyclic amines) is 1. The van der Waals surface area contributed by atoms with Gasteiger partial charge in [0.05, 0.1) is 0 Å². The Balaban J connectivity index is 1.90. The van der Waals surface area contributed by atoms with Crippen LogP contribution in [0.3, 0.4) is 0 Å². The van der Waals surface area contributed by atoms with Gasteiger partial charge in [-0.05, 0) is 0 Å². The molecule has 118 valence electrons. The molecule has 2 aromatic carbocycles. The molecule has 1 heterocycles. The molecular formula is C18H17AtN2O2. The Morgan fingerprint density at radius 1 is 0.913 bits per heavy atom. The standard InChI is InChI=1S/C18H17AtN2O2/c19-20-17(22)15-7-3-5-13(11-15)14-6-4-8-16(12-14)18(23)21-9-1-2-10-21/h3-8,11-12H,1-2,9-10H2,(H,20,22). The zero-order valence-corrected chi connectivity index (χ0v) is 15.5. The summed E-state index contributed by atoms with van der Waals surface area (Å²) in [5.74, 6) is 0.00187. The van der Waals surface area contributed by atoms with Crippen LogP contribution in [-0.4, -0.2) is 29.8 Å². The van der Waals surface area contributed by atoms with Crippen LogP contribution in [0.1, 0.15) is 33.6 Å². The number of rotatable bonds is 3. The van der Waals surface area contributed by atoms with Crippen molar-refractivity contribution < 1.29 is 34.6 Å². The van der Waals surface area contributed by atoms with E-state index in [0.717, 1.165) is 37.1 Å². The first-order valence-corrected chi connectivity index (χ1v) is 9.07. The molecular weight excluding hydrogens is 486 g/mol. The number of hydrogen-bond donors (Lipinski definition) is 1. The van der Waals surface area contributed by atoms with Crippen LogP contribution in [0.15, 0.2) is 48.5 Å². The maximum atomic E-state index is 12.5. The molecule has 1 aliphatic rings. The summed E-state index contributed by atoms with van der Waals surface area (Å²) >= 11 is 1.22. The summed E-state index contributed by atoms with van der Waals surface area (Å²) in [6, 6.07) is 15.1. The summed E-state index contributed by atoms with van der Waals surface area (Å²) in [5, 5.41) is 0. The fraction of sp³-hybridized carbons (Fsp3) is 0.222. The molecule has 1 saturated heterocycles. The number of carbonyl (C=O) groups excluding carboxylic acids is 2. The topological polar surface area (TPSA) is 49.4 Å². The number of hydrogen-bond acceptors (Lipinski definition) is 2. The molecule has 0 atom stereocenters. The Labute approximate surface area is 151 Å². The SMILES string of the molecule is O=C(N[At])c1cccc(-c2cccc(C(=O)N3CCCC3)c2)c1. The fourth-order valence-corrected chi connectivity index (χ4v) is 3.25. The molecule has 1 fully saturated rings. The fourth-order valence-electron chi connectivity index (χ4n) is 2.83. The van der Waals surface area contributed by atoms with Gasteiger partial charge in [-0.3, -0.25) is 0 Å². The second-order valence-electron chi connectivity index (χ2n) is 5.58. The van der Waals surface area contributed by atoms with Gasteiger partial charge in [0.2, 0.25) is 0 Å². The van der Waals surface area contributed by atoms with Crippen molar-refractivity contribution in [2.45, 2.75) is 12.8 Å². The quantitative estimate of drug-likeness (QED) is 0.701. The molecule has 0 radical (unpaired) electrons. The van der Waals surface area contributed by atoms with Crippen LogP contribution < -0.4 is 3.26 Å². The monoisotopic (exact) mass is 503 g/mol. The molecule has 1 aliphatic heterocycles. The van der Waals surface area contributed by atoms with Gasteiger partial charge in [-0.25, -0.2) is 0 Å². The van der Waals surface area contributed by atoms with Crippen LogP contribution in [0.4, 0.5) is 0 Å². The van der Waals surface area contributed by atoms with Crippen LogP contribution in [0, 0.1) is 25.0 Å². The molecule has 3 rings (SSSR count). The van der Waals surface area contributed by atoms with Crippen molar-refractivity contribution in [2.24, 2.45) is 0 Å². The van der Waals surface area contributed by atoms with Crippen LogP contribution in [0.25, 0.3) is 11.1 Å². The number of nitrogens with zero attached hydrogens (tertiary/aromatic N) is 1. The molecule has 4 nitrogen and oxygen atoms in total. The number of amides is 2. The summed E-state index contributed by atoms with van der Waals surface area (Å²) in [6.45, 7) is 1.69. The van der Waals surface area contributed by atoms with E-state index in [1.54, 1.807) is 6.07 Å². The Morgan fingerprint density at radius 3 is 2.09 bits per heavy atom. The Bertz CT molecular complexity index is 739. The zero-order chi connectivity index (χ0) is 16.2. The van der Waals surface area contributed by atoms with Crippen LogP contribution in [0.2, 0.25) is 0 Å². The van der Waals surface area contributed by atoms with Gasteiger partial charge in [0.25, 0.3) is 0 Å². The van der Waals surface area contributed by atoms with Crippen molar-refractivity contribution in [1.29, 1.82) is 0 Å². The van der Waals surface area contributed by atoms with Crippen molar-refractivity contribution in [3.05, 3.63) is 59.7 Å². The van der Waals surface area contributed by atoms with Gasteiger partial charge in [0.1, 0.15) is 0 Å². The first kappa shape index (κ1) is 16.1. The molecule has 0 saturated carbocycles. The number of carbonyl (C=O) groups is 2. The average molecular weight is 503 g/mol. The van der Waals surface area contributed by atoms with E-state index in [0.29, 0.717) is 11.1 Å². The molecule has 5 heteroatoms. The summed E-state index contributed by atoms with van der Waals surface area (Å²) < 4.78 is 2.68. The molecule has 2 amide bonds. The Hall–Kier alpha value is -1.74. The predicted molar refractivity (Wildman–Crippen MR) is 84.5 cm³/mol. The second kappa shape index (κ2) is 7.22. The van der Waals surface area contributed by atoms with Crippen molar-refractivity contribution in [3.8, 4) is 11.1 Å². The van der Waals surface area contributed by atoms with E-state index in [1.165, 1.54) is 25.0 Å². The van der Waals surface area contributed by atoms with Gasteiger partial charge >= 0.3 is 151 Å². The van der Waals surface area contributed by atoms with E-state index in [9.17, 15) is 9.59 Å². The first-order chi connectivity index (χ1) is 11.2.